The summed E-state index contributed by atoms with van der Waals surface area (Å²) >= 11 is 0. The van der Waals surface area contributed by atoms with Crippen molar-refractivity contribution in [1.29, 1.82) is 0 Å². The lowest BCUT2D eigenvalue weighted by Crippen LogP contribution is -2.33. The fraction of sp³-hybridized carbons (Fsp3) is 0.188. The fourth-order valence-electron chi connectivity index (χ4n) is 2.34. The summed E-state index contributed by atoms with van der Waals surface area (Å²) < 4.78 is 0. The number of aryl methyl sites for hydroxylation is 2. The van der Waals surface area contributed by atoms with Crippen molar-refractivity contribution < 1.29 is 19.2 Å². The molecule has 1 aromatic heterocycles. The number of hydrogen-bond acceptors (Lipinski definition) is 6. The highest BCUT2D eigenvalue weighted by Crippen LogP contribution is 2.23. The molecule has 0 spiro atoms. The Hall–Kier alpha value is -3.09. The normalized spacial score (nSPS) is 13.2. The van der Waals surface area contributed by atoms with Gasteiger partial charge in [0.1, 0.15) is 11.4 Å². The summed E-state index contributed by atoms with van der Waals surface area (Å²) in [4.78, 5) is 49.8. The van der Waals surface area contributed by atoms with Gasteiger partial charge < -0.3 is 4.84 Å². The topological polar surface area (TPSA) is 89.5 Å². The van der Waals surface area contributed by atoms with Crippen molar-refractivity contribution in [3.63, 3.8) is 0 Å². The van der Waals surface area contributed by atoms with E-state index >= 15 is 0 Å². The number of hydrogen-bond donors (Lipinski definition) is 0. The number of hydroxylamine groups is 2. The molecule has 0 atom stereocenters. The summed E-state index contributed by atoms with van der Waals surface area (Å²) in [6.07, 6.45) is 1.83. The first kappa shape index (κ1) is 14.8. The molecule has 0 bridgehead atoms. The van der Waals surface area contributed by atoms with Gasteiger partial charge in [-0.25, -0.2) is 14.8 Å². The zero-order valence-electron chi connectivity index (χ0n) is 12.6. The van der Waals surface area contributed by atoms with Gasteiger partial charge in [-0.05, 0) is 25.5 Å². The minimum absolute atomic E-state index is 0.134. The molecular weight excluding hydrogens is 298 g/mol. The van der Waals surface area contributed by atoms with Gasteiger partial charge in [-0.2, -0.15) is 0 Å². The van der Waals surface area contributed by atoms with Crippen LogP contribution in [0.2, 0.25) is 0 Å². The maximum Gasteiger partial charge on any atom is 0.367 e. The molecule has 0 N–H and O–H groups in total. The number of aromatic nitrogens is 2. The average molecular weight is 311 g/mol. The van der Waals surface area contributed by atoms with E-state index in [2.05, 4.69) is 9.97 Å². The van der Waals surface area contributed by atoms with Crippen molar-refractivity contribution in [2.45, 2.75) is 20.3 Å². The SMILES string of the molecule is CCc1nc(C)ncc1C(=O)ON1C(=O)c2ccccc2C1=O. The number of rotatable bonds is 3. The molecular formula is C16H13N3O4. The molecule has 0 saturated heterocycles. The molecule has 0 unspecified atom stereocenters. The van der Waals surface area contributed by atoms with Gasteiger partial charge in [0.2, 0.25) is 0 Å². The molecule has 2 amide bonds. The molecule has 7 heteroatoms. The zero-order valence-corrected chi connectivity index (χ0v) is 12.6. The third-order valence-electron chi connectivity index (χ3n) is 3.47. The average Bonchev–Trinajstić information content (AvgIpc) is 2.80. The van der Waals surface area contributed by atoms with E-state index < -0.39 is 17.8 Å². The van der Waals surface area contributed by atoms with Crippen molar-refractivity contribution >= 4 is 17.8 Å². The predicted octanol–water partition coefficient (Wildman–Crippen LogP) is 1.72. The van der Waals surface area contributed by atoms with E-state index in [0.29, 0.717) is 23.0 Å². The molecule has 1 aliphatic rings. The summed E-state index contributed by atoms with van der Waals surface area (Å²) in [6.45, 7) is 3.54. The molecule has 2 heterocycles. The number of nitrogens with zero attached hydrogens (tertiary/aromatic N) is 3. The lowest BCUT2D eigenvalue weighted by atomic mass is 10.1. The molecule has 23 heavy (non-hydrogen) atoms. The number of imide groups is 1. The quantitative estimate of drug-likeness (QED) is 0.802. The van der Waals surface area contributed by atoms with Gasteiger partial charge >= 0.3 is 5.97 Å². The molecule has 2 aromatic rings. The van der Waals surface area contributed by atoms with Gasteiger partial charge in [0.15, 0.2) is 0 Å². The van der Waals surface area contributed by atoms with Gasteiger partial charge in [0, 0.05) is 6.20 Å². The van der Waals surface area contributed by atoms with Crippen LogP contribution in [-0.4, -0.2) is 32.8 Å². The largest absolute Gasteiger partial charge is 0.367 e. The number of carbonyl (C=O) groups is 3. The highest BCUT2D eigenvalue weighted by molar-refractivity contribution is 6.21. The van der Waals surface area contributed by atoms with Crippen molar-refractivity contribution in [2.24, 2.45) is 0 Å². The summed E-state index contributed by atoms with van der Waals surface area (Å²) in [7, 11) is 0. The van der Waals surface area contributed by atoms with E-state index in [9.17, 15) is 14.4 Å². The molecule has 1 aliphatic heterocycles. The monoisotopic (exact) mass is 311 g/mol. The first-order valence-corrected chi connectivity index (χ1v) is 7.05. The first-order chi connectivity index (χ1) is 11.0. The summed E-state index contributed by atoms with van der Waals surface area (Å²) in [5.74, 6) is -1.63. The highest BCUT2D eigenvalue weighted by atomic mass is 16.7. The van der Waals surface area contributed by atoms with Crippen LogP contribution in [0.4, 0.5) is 0 Å². The van der Waals surface area contributed by atoms with Crippen LogP contribution in [0.3, 0.4) is 0 Å². The predicted molar refractivity (Wildman–Crippen MR) is 78.5 cm³/mol. The highest BCUT2D eigenvalue weighted by Gasteiger charge is 2.39. The molecule has 0 radical (unpaired) electrons. The second-order valence-electron chi connectivity index (χ2n) is 4.96. The third kappa shape index (κ3) is 2.46. The number of carbonyl (C=O) groups excluding carboxylic acids is 3. The zero-order chi connectivity index (χ0) is 16.6. The second-order valence-corrected chi connectivity index (χ2v) is 4.96. The van der Waals surface area contributed by atoms with Gasteiger partial charge in [0.05, 0.1) is 16.8 Å². The molecule has 116 valence electrons. The second kappa shape index (κ2) is 5.60. The number of fused-ring (bicyclic) bond motifs is 1. The molecule has 0 saturated carbocycles. The van der Waals surface area contributed by atoms with Gasteiger partial charge in [-0.1, -0.05) is 24.1 Å². The van der Waals surface area contributed by atoms with Crippen LogP contribution in [0.5, 0.6) is 0 Å². The minimum Gasteiger partial charge on any atom is -0.324 e. The van der Waals surface area contributed by atoms with E-state index in [1.54, 1.807) is 19.1 Å². The van der Waals surface area contributed by atoms with Crippen LogP contribution >= 0.6 is 0 Å². The van der Waals surface area contributed by atoms with E-state index in [0.717, 1.165) is 0 Å². The molecule has 3 rings (SSSR count). The lowest BCUT2D eigenvalue weighted by molar-refractivity contribution is -0.0586. The molecule has 7 nitrogen and oxygen atoms in total. The van der Waals surface area contributed by atoms with Gasteiger partial charge in [-0.3, -0.25) is 9.59 Å². The van der Waals surface area contributed by atoms with Crippen LogP contribution in [0, 0.1) is 6.92 Å². The Morgan fingerprint density at radius 2 is 1.78 bits per heavy atom. The van der Waals surface area contributed by atoms with E-state index in [4.69, 9.17) is 4.84 Å². The van der Waals surface area contributed by atoms with E-state index in [1.165, 1.54) is 18.3 Å². The maximum absolute atomic E-state index is 12.3. The van der Waals surface area contributed by atoms with Crippen molar-refractivity contribution in [3.8, 4) is 0 Å². The minimum atomic E-state index is -0.837. The summed E-state index contributed by atoms with van der Waals surface area (Å²) in [6, 6.07) is 6.29. The first-order valence-electron chi connectivity index (χ1n) is 7.05. The lowest BCUT2D eigenvalue weighted by Gasteiger charge is -2.13. The van der Waals surface area contributed by atoms with E-state index in [-0.39, 0.29) is 16.7 Å². The Balaban J connectivity index is 1.88. The van der Waals surface area contributed by atoms with Crippen molar-refractivity contribution in [3.05, 3.63) is 58.7 Å². The Kier molecular flexibility index (Phi) is 3.61. The van der Waals surface area contributed by atoms with Crippen LogP contribution in [0.15, 0.2) is 30.5 Å². The van der Waals surface area contributed by atoms with Crippen LogP contribution in [0.25, 0.3) is 0 Å². The van der Waals surface area contributed by atoms with Crippen molar-refractivity contribution in [1.82, 2.24) is 15.0 Å². The van der Waals surface area contributed by atoms with Crippen LogP contribution < -0.4 is 0 Å². The van der Waals surface area contributed by atoms with Crippen LogP contribution in [0.1, 0.15) is 49.5 Å². The van der Waals surface area contributed by atoms with E-state index in [1.807, 2.05) is 6.92 Å². The standard InChI is InChI=1S/C16H13N3O4/c1-3-13-12(8-17-9(2)18-13)16(22)23-19-14(20)10-6-4-5-7-11(10)15(19)21/h4-8H,3H2,1-2H3. The van der Waals surface area contributed by atoms with Gasteiger partial charge in [0.25, 0.3) is 11.8 Å². The smallest absolute Gasteiger partial charge is 0.324 e. The van der Waals surface area contributed by atoms with Gasteiger partial charge in [-0.15, -0.1) is 0 Å². The Labute approximate surface area is 131 Å². The Morgan fingerprint density at radius 3 is 2.35 bits per heavy atom. The van der Waals surface area contributed by atoms with Crippen LogP contribution in [-0.2, 0) is 11.3 Å². The Morgan fingerprint density at radius 1 is 1.17 bits per heavy atom. The molecule has 0 fully saturated rings. The summed E-state index contributed by atoms with van der Waals surface area (Å²) in [5, 5.41) is 0.478. The van der Waals surface area contributed by atoms with Crippen molar-refractivity contribution in [2.75, 3.05) is 0 Å². The number of amides is 2. The fourth-order valence-corrected chi connectivity index (χ4v) is 2.34. The molecule has 1 aromatic carbocycles. The maximum atomic E-state index is 12.3. The summed E-state index contributed by atoms with van der Waals surface area (Å²) in [5.41, 5.74) is 1.05. The molecule has 0 aliphatic carbocycles. The Bertz CT molecular complexity index is 797. The number of benzene rings is 1. The third-order valence-corrected chi connectivity index (χ3v) is 3.47.